The van der Waals surface area contributed by atoms with Gasteiger partial charge in [-0.25, -0.2) is 0 Å². The van der Waals surface area contributed by atoms with Gasteiger partial charge in [-0.15, -0.1) is 11.6 Å². The van der Waals surface area contributed by atoms with Gasteiger partial charge in [0, 0.05) is 30.1 Å². The molecule has 0 aliphatic carbocycles. The number of hydrogen-bond acceptors (Lipinski definition) is 1. The zero-order valence-electron chi connectivity index (χ0n) is 8.76. The molecule has 0 saturated heterocycles. The molecule has 0 aliphatic rings. The minimum Gasteiger partial charge on any atom is -0.341 e. The minimum atomic E-state index is -0.0457. The van der Waals surface area contributed by atoms with Crippen LogP contribution in [0.15, 0.2) is 18.2 Å². The van der Waals surface area contributed by atoms with Crippen molar-refractivity contribution < 1.29 is 4.79 Å². The molecule has 0 fully saturated rings. The second kappa shape index (κ2) is 5.38. The highest BCUT2D eigenvalue weighted by molar-refractivity contribution is 6.31. The van der Waals surface area contributed by atoms with E-state index >= 15 is 0 Å². The van der Waals surface area contributed by atoms with Crippen LogP contribution in [0.4, 0.5) is 0 Å². The summed E-state index contributed by atoms with van der Waals surface area (Å²) in [6.45, 7) is 2.42. The van der Waals surface area contributed by atoms with E-state index in [4.69, 9.17) is 23.2 Å². The van der Waals surface area contributed by atoms with E-state index in [1.807, 2.05) is 13.0 Å². The number of nitrogens with zero attached hydrogens (tertiary/aromatic N) is 1. The number of aryl methyl sites for hydroxylation is 1. The van der Waals surface area contributed by atoms with Crippen molar-refractivity contribution in [2.45, 2.75) is 6.92 Å². The molecule has 0 bridgehead atoms. The fourth-order valence-electron chi connectivity index (χ4n) is 1.26. The quantitative estimate of drug-likeness (QED) is 0.751. The van der Waals surface area contributed by atoms with E-state index in [0.29, 0.717) is 23.0 Å². The minimum absolute atomic E-state index is 0.0457. The van der Waals surface area contributed by atoms with Crippen molar-refractivity contribution in [3.8, 4) is 0 Å². The van der Waals surface area contributed by atoms with E-state index in [1.165, 1.54) is 0 Å². The van der Waals surface area contributed by atoms with E-state index in [-0.39, 0.29) is 5.91 Å². The van der Waals surface area contributed by atoms with Gasteiger partial charge >= 0.3 is 0 Å². The van der Waals surface area contributed by atoms with Crippen molar-refractivity contribution in [1.29, 1.82) is 0 Å². The summed E-state index contributed by atoms with van der Waals surface area (Å²) < 4.78 is 0. The zero-order chi connectivity index (χ0) is 11.4. The molecule has 0 saturated carbocycles. The maximum atomic E-state index is 11.9. The van der Waals surface area contributed by atoms with E-state index in [1.54, 1.807) is 24.1 Å². The molecule has 0 N–H and O–H groups in total. The lowest BCUT2D eigenvalue weighted by Crippen LogP contribution is -2.29. The summed E-state index contributed by atoms with van der Waals surface area (Å²) in [5.74, 6) is 0.387. The summed E-state index contributed by atoms with van der Waals surface area (Å²) in [6, 6.07) is 5.29. The standard InChI is InChI=1S/C11H13Cl2NO/c1-8-3-4-9(13)7-10(8)11(15)14(2)6-5-12/h3-4,7H,5-6H2,1-2H3. The van der Waals surface area contributed by atoms with Crippen molar-refractivity contribution in [1.82, 2.24) is 4.90 Å². The number of hydrogen-bond donors (Lipinski definition) is 0. The van der Waals surface area contributed by atoms with Crippen LogP contribution in [0.3, 0.4) is 0 Å². The van der Waals surface area contributed by atoms with Crippen LogP contribution in [0.25, 0.3) is 0 Å². The molecule has 1 amide bonds. The molecule has 15 heavy (non-hydrogen) atoms. The first-order valence-electron chi connectivity index (χ1n) is 4.64. The van der Waals surface area contributed by atoms with Gasteiger partial charge in [-0.1, -0.05) is 17.7 Å². The monoisotopic (exact) mass is 245 g/mol. The third-order valence-electron chi connectivity index (χ3n) is 2.20. The number of benzene rings is 1. The van der Waals surface area contributed by atoms with Crippen LogP contribution >= 0.6 is 23.2 Å². The lowest BCUT2D eigenvalue weighted by Gasteiger charge is -2.16. The third-order valence-corrected chi connectivity index (χ3v) is 2.60. The van der Waals surface area contributed by atoms with Crippen molar-refractivity contribution in [2.75, 3.05) is 19.5 Å². The SMILES string of the molecule is Cc1ccc(Cl)cc1C(=O)N(C)CCCl. The van der Waals surface area contributed by atoms with Gasteiger partial charge in [-0.05, 0) is 24.6 Å². The summed E-state index contributed by atoms with van der Waals surface area (Å²) in [4.78, 5) is 13.5. The Morgan fingerprint density at radius 1 is 1.47 bits per heavy atom. The first-order valence-corrected chi connectivity index (χ1v) is 5.55. The second-order valence-electron chi connectivity index (χ2n) is 3.37. The molecular weight excluding hydrogens is 233 g/mol. The summed E-state index contributed by atoms with van der Waals surface area (Å²) >= 11 is 11.4. The molecule has 1 aromatic rings. The van der Waals surface area contributed by atoms with Crippen molar-refractivity contribution in [3.63, 3.8) is 0 Å². The summed E-state index contributed by atoms with van der Waals surface area (Å²) in [6.07, 6.45) is 0. The Kier molecular flexibility index (Phi) is 4.43. The molecule has 0 aromatic heterocycles. The number of rotatable bonds is 3. The maximum absolute atomic E-state index is 11.9. The fraction of sp³-hybridized carbons (Fsp3) is 0.364. The molecule has 4 heteroatoms. The molecule has 1 aromatic carbocycles. The largest absolute Gasteiger partial charge is 0.341 e. The summed E-state index contributed by atoms with van der Waals surface area (Å²) in [5, 5.41) is 0.572. The first-order chi connectivity index (χ1) is 7.06. The average Bonchev–Trinajstić information content (AvgIpc) is 2.21. The average molecular weight is 246 g/mol. The molecule has 0 aliphatic heterocycles. The van der Waals surface area contributed by atoms with Gasteiger partial charge in [-0.3, -0.25) is 4.79 Å². The number of carbonyl (C=O) groups excluding carboxylic acids is 1. The fourth-order valence-corrected chi connectivity index (χ4v) is 1.68. The lowest BCUT2D eigenvalue weighted by molar-refractivity contribution is 0.0802. The Bertz CT molecular complexity index is 366. The molecule has 0 atom stereocenters. The molecule has 2 nitrogen and oxygen atoms in total. The molecule has 82 valence electrons. The van der Waals surface area contributed by atoms with Crippen LogP contribution in [0.1, 0.15) is 15.9 Å². The Labute approximate surface area is 99.8 Å². The van der Waals surface area contributed by atoms with Crippen LogP contribution < -0.4 is 0 Å². The normalized spacial score (nSPS) is 10.1. The maximum Gasteiger partial charge on any atom is 0.253 e. The summed E-state index contributed by atoms with van der Waals surface area (Å²) in [7, 11) is 1.73. The van der Waals surface area contributed by atoms with Gasteiger partial charge in [0.25, 0.3) is 5.91 Å². The zero-order valence-corrected chi connectivity index (χ0v) is 10.3. The Morgan fingerprint density at radius 2 is 2.13 bits per heavy atom. The van der Waals surface area contributed by atoms with E-state index < -0.39 is 0 Å². The number of amides is 1. The summed E-state index contributed by atoms with van der Waals surface area (Å²) in [5.41, 5.74) is 1.56. The van der Waals surface area contributed by atoms with Crippen LogP contribution in [0, 0.1) is 6.92 Å². The Hall–Kier alpha value is -0.730. The Balaban J connectivity index is 2.95. The molecular formula is C11H13Cl2NO. The van der Waals surface area contributed by atoms with Crippen LogP contribution in [-0.4, -0.2) is 30.3 Å². The van der Waals surface area contributed by atoms with Gasteiger partial charge in [0.05, 0.1) is 0 Å². The van der Waals surface area contributed by atoms with Crippen LogP contribution in [-0.2, 0) is 0 Å². The smallest absolute Gasteiger partial charge is 0.253 e. The predicted molar refractivity (Wildman–Crippen MR) is 63.9 cm³/mol. The van der Waals surface area contributed by atoms with Gasteiger partial charge in [0.2, 0.25) is 0 Å². The Morgan fingerprint density at radius 3 is 2.73 bits per heavy atom. The van der Waals surface area contributed by atoms with Crippen molar-refractivity contribution in [3.05, 3.63) is 34.3 Å². The van der Waals surface area contributed by atoms with E-state index in [2.05, 4.69) is 0 Å². The topological polar surface area (TPSA) is 20.3 Å². The van der Waals surface area contributed by atoms with Gasteiger partial charge in [0.15, 0.2) is 0 Å². The van der Waals surface area contributed by atoms with Gasteiger partial charge < -0.3 is 4.90 Å². The molecule has 0 radical (unpaired) electrons. The second-order valence-corrected chi connectivity index (χ2v) is 4.19. The highest BCUT2D eigenvalue weighted by Crippen LogP contribution is 2.16. The van der Waals surface area contributed by atoms with Crippen molar-refractivity contribution >= 4 is 29.1 Å². The number of alkyl halides is 1. The predicted octanol–water partition coefficient (Wildman–Crippen LogP) is 2.96. The highest BCUT2D eigenvalue weighted by atomic mass is 35.5. The van der Waals surface area contributed by atoms with Crippen LogP contribution in [0.2, 0.25) is 5.02 Å². The number of halogens is 2. The van der Waals surface area contributed by atoms with Gasteiger partial charge in [-0.2, -0.15) is 0 Å². The van der Waals surface area contributed by atoms with E-state index in [0.717, 1.165) is 5.56 Å². The van der Waals surface area contributed by atoms with E-state index in [9.17, 15) is 4.79 Å². The molecule has 0 spiro atoms. The lowest BCUT2D eigenvalue weighted by atomic mass is 10.1. The third kappa shape index (κ3) is 3.11. The number of carbonyl (C=O) groups is 1. The molecule has 0 unspecified atom stereocenters. The first kappa shape index (κ1) is 12.3. The molecule has 0 heterocycles. The van der Waals surface area contributed by atoms with Crippen molar-refractivity contribution in [2.24, 2.45) is 0 Å². The van der Waals surface area contributed by atoms with Crippen LogP contribution in [0.5, 0.6) is 0 Å². The molecule has 1 rings (SSSR count). The van der Waals surface area contributed by atoms with Gasteiger partial charge in [0.1, 0.15) is 0 Å². The highest BCUT2D eigenvalue weighted by Gasteiger charge is 2.13.